The van der Waals surface area contributed by atoms with Crippen molar-refractivity contribution in [1.82, 2.24) is 5.16 Å². The quantitative estimate of drug-likeness (QED) is 0.430. The SMILES string of the molecule is Cc1onc(-c2c(Cl)cccc2Cl)c1C(=O)Nc1ccc(Br)c(Br)c1. The molecule has 0 unspecified atom stereocenters. The van der Waals surface area contributed by atoms with Crippen molar-refractivity contribution in [2.24, 2.45) is 0 Å². The Bertz CT molecular complexity index is 953. The third-order valence-corrected chi connectivity index (χ3v) is 5.98. The number of halogens is 4. The van der Waals surface area contributed by atoms with Crippen LogP contribution in [-0.2, 0) is 0 Å². The number of aromatic nitrogens is 1. The summed E-state index contributed by atoms with van der Waals surface area (Å²) in [7, 11) is 0. The van der Waals surface area contributed by atoms with Gasteiger partial charge in [-0.15, -0.1) is 0 Å². The maximum absolute atomic E-state index is 12.8. The maximum Gasteiger partial charge on any atom is 0.261 e. The number of aryl methyl sites for hydroxylation is 1. The first kappa shape index (κ1) is 18.5. The van der Waals surface area contributed by atoms with E-state index >= 15 is 0 Å². The van der Waals surface area contributed by atoms with E-state index in [9.17, 15) is 4.79 Å². The van der Waals surface area contributed by atoms with Gasteiger partial charge in [-0.05, 0) is 69.1 Å². The largest absolute Gasteiger partial charge is 0.360 e. The molecule has 0 spiro atoms. The summed E-state index contributed by atoms with van der Waals surface area (Å²) in [5.41, 5.74) is 1.68. The summed E-state index contributed by atoms with van der Waals surface area (Å²) in [5, 5.41) is 7.59. The van der Waals surface area contributed by atoms with Gasteiger partial charge in [0.1, 0.15) is 17.0 Å². The third kappa shape index (κ3) is 3.77. The van der Waals surface area contributed by atoms with Gasteiger partial charge in [0.05, 0.1) is 10.0 Å². The number of hydrogen-bond acceptors (Lipinski definition) is 3. The smallest absolute Gasteiger partial charge is 0.261 e. The third-order valence-electron chi connectivity index (χ3n) is 3.47. The summed E-state index contributed by atoms with van der Waals surface area (Å²) in [4.78, 5) is 12.8. The molecule has 0 bridgehead atoms. The molecule has 0 aliphatic heterocycles. The van der Waals surface area contributed by atoms with E-state index in [1.165, 1.54) is 0 Å². The highest BCUT2D eigenvalue weighted by atomic mass is 79.9. The molecule has 1 heterocycles. The van der Waals surface area contributed by atoms with Crippen molar-refractivity contribution in [3.8, 4) is 11.3 Å². The molecule has 0 saturated heterocycles. The lowest BCUT2D eigenvalue weighted by Gasteiger charge is -2.08. The first-order valence-corrected chi connectivity index (χ1v) is 9.39. The van der Waals surface area contributed by atoms with E-state index < -0.39 is 0 Å². The molecule has 0 aliphatic rings. The van der Waals surface area contributed by atoms with E-state index in [1.54, 1.807) is 37.3 Å². The Balaban J connectivity index is 2.02. The Labute approximate surface area is 170 Å². The molecular formula is C17H10Br2Cl2N2O2. The van der Waals surface area contributed by atoms with Gasteiger partial charge >= 0.3 is 0 Å². The summed E-state index contributed by atoms with van der Waals surface area (Å²) in [5.74, 6) is 0.0126. The lowest BCUT2D eigenvalue weighted by atomic mass is 10.1. The summed E-state index contributed by atoms with van der Waals surface area (Å²) in [6.45, 7) is 1.66. The number of nitrogens with zero attached hydrogens (tertiary/aromatic N) is 1. The van der Waals surface area contributed by atoms with Crippen LogP contribution in [0.2, 0.25) is 10.0 Å². The van der Waals surface area contributed by atoms with Crippen LogP contribution in [0.3, 0.4) is 0 Å². The van der Waals surface area contributed by atoms with E-state index in [0.29, 0.717) is 32.8 Å². The predicted molar refractivity (Wildman–Crippen MR) is 106 cm³/mol. The van der Waals surface area contributed by atoms with Crippen molar-refractivity contribution in [3.05, 3.63) is 66.7 Å². The van der Waals surface area contributed by atoms with Gasteiger partial charge in [0.15, 0.2) is 0 Å². The van der Waals surface area contributed by atoms with Crippen LogP contribution in [0.1, 0.15) is 16.1 Å². The zero-order chi connectivity index (χ0) is 18.1. The van der Waals surface area contributed by atoms with Crippen molar-refractivity contribution in [1.29, 1.82) is 0 Å². The van der Waals surface area contributed by atoms with Gasteiger partial charge in [0.25, 0.3) is 5.91 Å². The second-order valence-corrected chi connectivity index (χ2v) is 7.67. The molecule has 0 fully saturated rings. The van der Waals surface area contributed by atoms with Crippen molar-refractivity contribution in [2.45, 2.75) is 6.92 Å². The molecule has 128 valence electrons. The fourth-order valence-corrected chi connectivity index (χ4v) is 3.50. The number of hydrogen-bond donors (Lipinski definition) is 1. The van der Waals surface area contributed by atoms with E-state index in [-0.39, 0.29) is 11.5 Å². The number of nitrogens with one attached hydrogen (secondary N) is 1. The van der Waals surface area contributed by atoms with Crippen molar-refractivity contribution in [3.63, 3.8) is 0 Å². The Hall–Kier alpha value is -1.34. The highest BCUT2D eigenvalue weighted by Gasteiger charge is 2.25. The molecule has 1 aromatic heterocycles. The molecular weight excluding hydrogens is 495 g/mol. The molecule has 0 radical (unpaired) electrons. The zero-order valence-electron chi connectivity index (χ0n) is 12.7. The van der Waals surface area contributed by atoms with Gasteiger partial charge in [0.2, 0.25) is 0 Å². The molecule has 1 amide bonds. The van der Waals surface area contributed by atoms with E-state index in [0.717, 1.165) is 8.95 Å². The van der Waals surface area contributed by atoms with Gasteiger partial charge in [-0.1, -0.05) is 34.4 Å². The molecule has 1 N–H and O–H groups in total. The molecule has 3 rings (SSSR count). The van der Waals surface area contributed by atoms with Crippen molar-refractivity contribution >= 4 is 66.7 Å². The molecule has 25 heavy (non-hydrogen) atoms. The Morgan fingerprint density at radius 1 is 1.12 bits per heavy atom. The van der Waals surface area contributed by atoms with E-state index in [2.05, 4.69) is 42.3 Å². The average molecular weight is 505 g/mol. The summed E-state index contributed by atoms with van der Waals surface area (Å²) >= 11 is 19.3. The number of benzene rings is 2. The second-order valence-electron chi connectivity index (χ2n) is 5.14. The lowest BCUT2D eigenvalue weighted by molar-refractivity contribution is 0.102. The number of anilines is 1. The Kier molecular flexibility index (Phi) is 5.53. The summed E-state index contributed by atoms with van der Waals surface area (Å²) in [6.07, 6.45) is 0. The monoisotopic (exact) mass is 502 g/mol. The highest BCUT2D eigenvalue weighted by molar-refractivity contribution is 9.13. The number of amides is 1. The van der Waals surface area contributed by atoms with Crippen LogP contribution in [0.4, 0.5) is 5.69 Å². The van der Waals surface area contributed by atoms with E-state index in [4.69, 9.17) is 27.7 Å². The molecule has 0 saturated carbocycles. The average Bonchev–Trinajstić information content (AvgIpc) is 2.92. The zero-order valence-corrected chi connectivity index (χ0v) is 17.4. The standard InChI is InChI=1S/C17H10Br2Cl2N2O2/c1-8-14(17(24)22-9-5-6-10(18)11(19)7-9)16(23-25-8)15-12(20)3-2-4-13(15)21/h2-7H,1H3,(H,22,24). The van der Waals surface area contributed by atoms with E-state index in [1.807, 2.05) is 6.07 Å². The van der Waals surface area contributed by atoms with Gasteiger partial charge < -0.3 is 9.84 Å². The molecule has 2 aromatic carbocycles. The lowest BCUT2D eigenvalue weighted by Crippen LogP contribution is -2.13. The summed E-state index contributed by atoms with van der Waals surface area (Å²) < 4.78 is 6.92. The van der Waals surface area contributed by atoms with Gasteiger partial charge in [-0.25, -0.2) is 0 Å². The molecule has 4 nitrogen and oxygen atoms in total. The van der Waals surface area contributed by atoms with Gasteiger partial charge in [-0.2, -0.15) is 0 Å². The fraction of sp³-hybridized carbons (Fsp3) is 0.0588. The Morgan fingerprint density at radius 3 is 2.44 bits per heavy atom. The molecule has 0 atom stereocenters. The van der Waals surface area contributed by atoms with Gasteiger partial charge in [0, 0.05) is 20.2 Å². The van der Waals surface area contributed by atoms with Crippen molar-refractivity contribution < 1.29 is 9.32 Å². The minimum atomic E-state index is -0.362. The number of carbonyl (C=O) groups is 1. The molecule has 8 heteroatoms. The number of carbonyl (C=O) groups excluding carboxylic acids is 1. The molecule has 3 aromatic rings. The van der Waals surface area contributed by atoms with Crippen LogP contribution in [0.15, 0.2) is 49.9 Å². The fourth-order valence-electron chi connectivity index (χ4n) is 2.30. The predicted octanol–water partition coefficient (Wildman–Crippen LogP) is 6.73. The topological polar surface area (TPSA) is 55.1 Å². The highest BCUT2D eigenvalue weighted by Crippen LogP contribution is 2.37. The van der Waals surface area contributed by atoms with Crippen LogP contribution in [0.5, 0.6) is 0 Å². The van der Waals surface area contributed by atoms with Crippen LogP contribution in [0, 0.1) is 6.92 Å². The first-order chi connectivity index (χ1) is 11.9. The maximum atomic E-state index is 12.8. The normalized spacial score (nSPS) is 10.8. The minimum absolute atomic E-state index is 0.286. The van der Waals surface area contributed by atoms with Crippen LogP contribution in [0.25, 0.3) is 11.3 Å². The minimum Gasteiger partial charge on any atom is -0.360 e. The second kappa shape index (κ2) is 7.50. The van der Waals surface area contributed by atoms with Gasteiger partial charge in [-0.3, -0.25) is 4.79 Å². The van der Waals surface area contributed by atoms with Crippen molar-refractivity contribution in [2.75, 3.05) is 5.32 Å². The number of rotatable bonds is 3. The molecule has 0 aliphatic carbocycles. The Morgan fingerprint density at radius 2 is 1.80 bits per heavy atom. The van der Waals surface area contributed by atoms with Crippen LogP contribution < -0.4 is 5.32 Å². The summed E-state index contributed by atoms with van der Waals surface area (Å²) in [6, 6.07) is 10.5. The van der Waals surface area contributed by atoms with Crippen LogP contribution in [-0.4, -0.2) is 11.1 Å². The first-order valence-electron chi connectivity index (χ1n) is 7.05. The van der Waals surface area contributed by atoms with Crippen LogP contribution >= 0.6 is 55.1 Å².